The number of nitrogens with zero attached hydrogens (tertiary/aromatic N) is 2. The molecule has 33 heavy (non-hydrogen) atoms. The zero-order valence-electron chi connectivity index (χ0n) is 18.7. The Kier molecular flexibility index (Phi) is 8.23. The van der Waals surface area contributed by atoms with Crippen molar-refractivity contribution in [2.75, 3.05) is 18.4 Å². The maximum atomic E-state index is 12.6. The zero-order valence-corrected chi connectivity index (χ0v) is 20.2. The number of anilines is 1. The molecule has 1 aliphatic carbocycles. The SMILES string of the molecule is O=C(Nc1cccc(CN2CCC(C(=O)NC3CCCCC3)CC2)c1)c1ccc(Cl)nc1Cl. The van der Waals surface area contributed by atoms with E-state index in [1.54, 1.807) is 6.07 Å². The molecule has 1 saturated carbocycles. The summed E-state index contributed by atoms with van der Waals surface area (Å²) in [5.41, 5.74) is 2.09. The van der Waals surface area contributed by atoms with Gasteiger partial charge in [0.2, 0.25) is 5.91 Å². The van der Waals surface area contributed by atoms with E-state index >= 15 is 0 Å². The van der Waals surface area contributed by atoms with E-state index in [0.29, 0.717) is 11.7 Å². The smallest absolute Gasteiger partial charge is 0.258 e. The largest absolute Gasteiger partial charge is 0.353 e. The Morgan fingerprint density at radius 2 is 1.76 bits per heavy atom. The number of piperidine rings is 1. The summed E-state index contributed by atoms with van der Waals surface area (Å²) in [5.74, 6) is 0.0271. The van der Waals surface area contributed by atoms with Gasteiger partial charge in [0, 0.05) is 24.2 Å². The van der Waals surface area contributed by atoms with Crippen LogP contribution < -0.4 is 10.6 Å². The lowest BCUT2D eigenvalue weighted by Crippen LogP contribution is -2.44. The number of nitrogens with one attached hydrogen (secondary N) is 2. The first kappa shape index (κ1) is 24.0. The van der Waals surface area contributed by atoms with Gasteiger partial charge < -0.3 is 10.6 Å². The molecule has 1 aromatic carbocycles. The average Bonchev–Trinajstić information content (AvgIpc) is 2.80. The number of carbonyl (C=O) groups excluding carboxylic acids is 2. The van der Waals surface area contributed by atoms with Crippen LogP contribution in [0.3, 0.4) is 0 Å². The highest BCUT2D eigenvalue weighted by atomic mass is 35.5. The van der Waals surface area contributed by atoms with Crippen LogP contribution in [0.1, 0.15) is 60.9 Å². The summed E-state index contributed by atoms with van der Waals surface area (Å²) in [4.78, 5) is 31.5. The predicted octanol–water partition coefficient (Wildman–Crippen LogP) is 5.30. The van der Waals surface area contributed by atoms with Crippen LogP contribution in [0.2, 0.25) is 10.3 Å². The molecule has 4 rings (SSSR count). The number of likely N-dealkylation sites (tertiary alicyclic amines) is 1. The van der Waals surface area contributed by atoms with Crippen LogP contribution in [0.4, 0.5) is 5.69 Å². The van der Waals surface area contributed by atoms with Gasteiger partial charge in [-0.2, -0.15) is 0 Å². The molecule has 0 spiro atoms. The summed E-state index contributed by atoms with van der Waals surface area (Å²) < 4.78 is 0. The molecule has 2 amide bonds. The molecule has 0 atom stereocenters. The number of benzene rings is 1. The lowest BCUT2D eigenvalue weighted by molar-refractivity contribution is -0.127. The van der Waals surface area contributed by atoms with Crippen molar-refractivity contribution in [1.29, 1.82) is 0 Å². The van der Waals surface area contributed by atoms with Crippen LogP contribution >= 0.6 is 23.2 Å². The summed E-state index contributed by atoms with van der Waals surface area (Å²) in [6.45, 7) is 2.57. The first-order valence-electron chi connectivity index (χ1n) is 11.7. The Hall–Kier alpha value is -2.15. The molecule has 8 heteroatoms. The second-order valence-corrected chi connectivity index (χ2v) is 9.77. The van der Waals surface area contributed by atoms with Gasteiger partial charge in [0.15, 0.2) is 0 Å². The molecule has 2 aliphatic rings. The minimum Gasteiger partial charge on any atom is -0.353 e. The van der Waals surface area contributed by atoms with Gasteiger partial charge in [0.25, 0.3) is 5.91 Å². The van der Waals surface area contributed by atoms with Crippen molar-refractivity contribution in [1.82, 2.24) is 15.2 Å². The van der Waals surface area contributed by atoms with Gasteiger partial charge in [-0.05, 0) is 68.6 Å². The van der Waals surface area contributed by atoms with Gasteiger partial charge >= 0.3 is 0 Å². The van der Waals surface area contributed by atoms with Crippen LogP contribution in [0, 0.1) is 5.92 Å². The van der Waals surface area contributed by atoms with E-state index < -0.39 is 0 Å². The fourth-order valence-corrected chi connectivity index (χ4v) is 5.14. The normalized spacial score (nSPS) is 18.1. The third-order valence-corrected chi connectivity index (χ3v) is 7.06. The molecule has 2 fully saturated rings. The van der Waals surface area contributed by atoms with Gasteiger partial charge in [-0.25, -0.2) is 4.98 Å². The highest BCUT2D eigenvalue weighted by Crippen LogP contribution is 2.23. The van der Waals surface area contributed by atoms with E-state index in [4.69, 9.17) is 23.2 Å². The molecule has 2 aromatic rings. The summed E-state index contributed by atoms with van der Waals surface area (Å²) in [6, 6.07) is 11.3. The minimum atomic E-state index is -0.328. The third-order valence-electron chi connectivity index (χ3n) is 6.56. The number of aromatic nitrogens is 1. The first-order valence-corrected chi connectivity index (χ1v) is 12.5. The van der Waals surface area contributed by atoms with Crippen molar-refractivity contribution in [3.63, 3.8) is 0 Å². The van der Waals surface area contributed by atoms with Crippen molar-refractivity contribution < 1.29 is 9.59 Å². The van der Waals surface area contributed by atoms with Crippen LogP contribution in [-0.2, 0) is 11.3 Å². The van der Waals surface area contributed by atoms with E-state index in [0.717, 1.165) is 50.9 Å². The molecule has 1 saturated heterocycles. The minimum absolute atomic E-state index is 0.0755. The van der Waals surface area contributed by atoms with Crippen LogP contribution in [0.5, 0.6) is 0 Å². The highest BCUT2D eigenvalue weighted by Gasteiger charge is 2.27. The van der Waals surface area contributed by atoms with Crippen molar-refractivity contribution >= 4 is 40.7 Å². The van der Waals surface area contributed by atoms with Gasteiger partial charge in [-0.15, -0.1) is 0 Å². The molecular weight excluding hydrogens is 459 g/mol. The van der Waals surface area contributed by atoms with Crippen LogP contribution in [0.15, 0.2) is 36.4 Å². The second-order valence-electron chi connectivity index (χ2n) is 9.02. The molecule has 0 radical (unpaired) electrons. The molecular formula is C25H30Cl2N4O2. The lowest BCUT2D eigenvalue weighted by atomic mass is 9.92. The number of pyridine rings is 1. The van der Waals surface area contributed by atoms with E-state index in [-0.39, 0.29) is 33.6 Å². The molecule has 0 unspecified atom stereocenters. The highest BCUT2D eigenvalue weighted by molar-refractivity contribution is 6.35. The van der Waals surface area contributed by atoms with E-state index in [1.807, 2.05) is 24.3 Å². The molecule has 0 bridgehead atoms. The van der Waals surface area contributed by atoms with Gasteiger partial charge in [0.1, 0.15) is 10.3 Å². The summed E-state index contributed by atoms with van der Waals surface area (Å²) in [6.07, 6.45) is 7.77. The van der Waals surface area contributed by atoms with E-state index in [1.165, 1.54) is 25.3 Å². The number of carbonyl (C=O) groups is 2. The predicted molar refractivity (Wildman–Crippen MR) is 132 cm³/mol. The molecule has 2 N–H and O–H groups in total. The fourth-order valence-electron chi connectivity index (χ4n) is 4.70. The maximum Gasteiger partial charge on any atom is 0.258 e. The Labute approximate surface area is 205 Å². The van der Waals surface area contributed by atoms with E-state index in [9.17, 15) is 9.59 Å². The topological polar surface area (TPSA) is 74.3 Å². The quantitative estimate of drug-likeness (QED) is 0.540. The van der Waals surface area contributed by atoms with Crippen molar-refractivity contribution in [3.8, 4) is 0 Å². The average molecular weight is 489 g/mol. The standard InChI is InChI=1S/C25H30Cl2N4O2/c26-22-10-9-21(23(27)30-22)25(33)29-20-8-4-5-17(15-20)16-31-13-11-18(12-14-31)24(32)28-19-6-2-1-3-7-19/h4-5,8-10,15,18-19H,1-3,6-7,11-14,16H2,(H,28,32)(H,29,33). The number of amides is 2. The maximum absolute atomic E-state index is 12.6. The molecule has 2 heterocycles. The summed E-state index contributed by atoms with van der Waals surface area (Å²) >= 11 is 11.9. The van der Waals surface area contributed by atoms with E-state index in [2.05, 4.69) is 20.5 Å². The molecule has 1 aliphatic heterocycles. The fraction of sp³-hybridized carbons (Fsp3) is 0.480. The van der Waals surface area contributed by atoms with Crippen molar-refractivity contribution in [2.24, 2.45) is 5.92 Å². The van der Waals surface area contributed by atoms with Crippen LogP contribution in [-0.4, -0.2) is 40.8 Å². The van der Waals surface area contributed by atoms with Crippen LogP contribution in [0.25, 0.3) is 0 Å². The van der Waals surface area contributed by atoms with Gasteiger partial charge in [0.05, 0.1) is 5.56 Å². The third kappa shape index (κ3) is 6.69. The molecule has 176 valence electrons. The Balaban J connectivity index is 1.27. The first-order chi connectivity index (χ1) is 16.0. The zero-order chi connectivity index (χ0) is 23.2. The van der Waals surface area contributed by atoms with Crippen molar-refractivity contribution in [2.45, 2.75) is 57.5 Å². The van der Waals surface area contributed by atoms with Gasteiger partial charge in [-0.3, -0.25) is 14.5 Å². The molecule has 1 aromatic heterocycles. The Morgan fingerprint density at radius 3 is 2.48 bits per heavy atom. The monoisotopic (exact) mass is 488 g/mol. The number of halogens is 2. The summed E-state index contributed by atoms with van der Waals surface area (Å²) in [5, 5.41) is 6.48. The van der Waals surface area contributed by atoms with Gasteiger partial charge in [-0.1, -0.05) is 54.6 Å². The summed E-state index contributed by atoms with van der Waals surface area (Å²) in [7, 11) is 0. The number of hydrogen-bond donors (Lipinski definition) is 2. The Morgan fingerprint density at radius 1 is 1.00 bits per heavy atom. The lowest BCUT2D eigenvalue weighted by Gasteiger charge is -2.32. The van der Waals surface area contributed by atoms with Crippen molar-refractivity contribution in [3.05, 3.63) is 57.8 Å². The number of rotatable bonds is 6. The molecule has 6 nitrogen and oxygen atoms in total. The second kappa shape index (κ2) is 11.3. The Bertz CT molecular complexity index is 986. The number of hydrogen-bond acceptors (Lipinski definition) is 4.